The van der Waals surface area contributed by atoms with Crippen molar-refractivity contribution in [2.45, 2.75) is 0 Å². The zero-order chi connectivity index (χ0) is 6.73. The Morgan fingerprint density at radius 2 is 1.50 bits per heavy atom. The van der Waals surface area contributed by atoms with Crippen LogP contribution in [-0.4, -0.2) is 4.21 Å². The molecule has 0 aromatic carbocycles. The van der Waals surface area contributed by atoms with Gasteiger partial charge in [0, 0.05) is 0 Å². The van der Waals surface area contributed by atoms with Crippen molar-refractivity contribution in [1.29, 1.82) is 0 Å². The summed E-state index contributed by atoms with van der Waals surface area (Å²) in [5, 5.41) is -0.946. The quantitative estimate of drug-likeness (QED) is 0.378. The average Bonchev–Trinajstić information content (AvgIpc) is 1.64. The summed E-state index contributed by atoms with van der Waals surface area (Å²) < 4.78 is 10.7. The first-order chi connectivity index (χ1) is 3.55. The molecule has 0 atom stereocenters. The van der Waals surface area contributed by atoms with E-state index in [4.69, 9.17) is 17.8 Å². The van der Waals surface area contributed by atoms with Gasteiger partial charge in [0.25, 0.3) is 0 Å². The van der Waals surface area contributed by atoms with Crippen molar-refractivity contribution in [2.24, 2.45) is 0 Å². The third-order valence-electron chi connectivity index (χ3n) is 0.183. The molecule has 0 radical (unpaired) electrons. The zero-order valence-corrected chi connectivity index (χ0v) is 12.9. The van der Waals surface area contributed by atoms with E-state index in [1.807, 2.05) is 0 Å². The van der Waals surface area contributed by atoms with Crippen LogP contribution in [0, 0.1) is 0 Å². The first kappa shape index (κ1) is 11.2. The molecule has 0 bridgehead atoms. The van der Waals surface area contributed by atoms with Gasteiger partial charge in [0.1, 0.15) is 0 Å². The van der Waals surface area contributed by atoms with Gasteiger partial charge < -0.3 is 0 Å². The molecule has 54 valence electrons. The van der Waals surface area contributed by atoms with E-state index in [9.17, 15) is 4.21 Å². The molecule has 8 heavy (non-hydrogen) atoms. The summed E-state index contributed by atoms with van der Waals surface area (Å²) in [4.78, 5) is 0. The van der Waals surface area contributed by atoms with E-state index in [0.717, 1.165) is 0 Å². The Labute approximate surface area is 80.7 Å². The van der Waals surface area contributed by atoms with Crippen molar-refractivity contribution < 1.29 is 4.21 Å². The Kier molecular flexibility index (Phi) is 8.02. The van der Waals surface area contributed by atoms with E-state index >= 15 is 0 Å². The van der Waals surface area contributed by atoms with Gasteiger partial charge >= 0.3 is 82.7 Å². The molecular weight excluding hydrogens is 533 g/mol. The second-order valence-corrected chi connectivity index (χ2v) is 40.9. The fourth-order valence-corrected chi connectivity index (χ4v) is 75.6. The van der Waals surface area contributed by atoms with Gasteiger partial charge in [0.2, 0.25) is 0 Å². The van der Waals surface area contributed by atoms with Crippen LogP contribution in [0.4, 0.5) is 0 Å². The van der Waals surface area contributed by atoms with E-state index in [-0.39, 0.29) is 0 Å². The molecule has 0 rings (SSSR count). The maximum atomic E-state index is 10.7. The van der Waals surface area contributed by atoms with Gasteiger partial charge in [-0.15, -0.1) is 0 Å². The summed E-state index contributed by atoms with van der Waals surface area (Å²) in [6, 6.07) is 0. The van der Waals surface area contributed by atoms with Gasteiger partial charge in [-0.25, -0.2) is 0 Å². The summed E-state index contributed by atoms with van der Waals surface area (Å²) in [6.45, 7) is 0. The topological polar surface area (TPSA) is 17.1 Å². The molecule has 0 aliphatic carbocycles. The molecule has 0 heterocycles. The van der Waals surface area contributed by atoms with Gasteiger partial charge in [-0.1, -0.05) is 0 Å². The molecule has 0 aromatic heterocycles. The second-order valence-electron chi connectivity index (χ2n) is 0.526. The minimum atomic E-state index is -1.82. The molecule has 0 saturated heterocycles. The Balaban J connectivity index is 3.65. The summed E-state index contributed by atoms with van der Waals surface area (Å²) in [7, 11) is 11.0. The predicted molar refractivity (Wildman–Crippen MR) is 65.7 cm³/mol. The predicted octanol–water partition coefficient (Wildman–Crippen LogP) is 4.51. The molecule has 0 aliphatic heterocycles. The molecule has 0 aromatic rings. The van der Waals surface area contributed by atoms with Crippen molar-refractivity contribution in [3.8, 4) is 0 Å². The third kappa shape index (κ3) is 4.89. The van der Waals surface area contributed by atoms with Crippen LogP contribution >= 0.6 is 73.4 Å². The van der Waals surface area contributed by atoms with Crippen LogP contribution in [0.5, 0.6) is 0 Å². The molecule has 0 N–H and O–H groups in total. The molecule has 0 fully saturated rings. The molecule has 0 spiro atoms. The number of rotatable bonds is 2. The van der Waals surface area contributed by atoms with Crippen molar-refractivity contribution >= 4 is 78.5 Å². The first-order valence-corrected chi connectivity index (χ1v) is 22.4. The summed E-state index contributed by atoms with van der Waals surface area (Å²) >= 11 is 2.53. The van der Waals surface area contributed by atoms with Gasteiger partial charge in [0.15, 0.2) is 0 Å². The van der Waals surface area contributed by atoms with E-state index in [2.05, 4.69) is 25.4 Å². The summed E-state index contributed by atoms with van der Waals surface area (Å²) in [5.74, 6) is 0. The molecule has 1 nitrogen and oxygen atoms in total. The van der Waals surface area contributed by atoms with Gasteiger partial charge in [-0.2, -0.15) is 0 Å². The van der Waals surface area contributed by atoms with Crippen molar-refractivity contribution in [3.05, 3.63) is 0 Å². The Morgan fingerprint density at radius 1 is 1.25 bits per heavy atom. The summed E-state index contributed by atoms with van der Waals surface area (Å²) in [5.41, 5.74) is 0. The van der Waals surface area contributed by atoms with Crippen LogP contribution < -0.4 is 0 Å². The minimum absolute atomic E-state index is 0.946. The summed E-state index contributed by atoms with van der Waals surface area (Å²) in [6.07, 6.45) is 0. The number of hydrogen-bond donors (Lipinski definition) is 0. The number of halogens is 6. The monoisotopic (exact) mass is 530 g/mol. The van der Waals surface area contributed by atoms with Gasteiger partial charge in [0.05, 0.1) is 0 Å². The Hall–Kier alpha value is 3.15. The fraction of sp³-hybridized carbons (Fsp3) is 0. The van der Waals surface area contributed by atoms with Crippen LogP contribution in [-0.2, 0) is 5.14 Å². The van der Waals surface area contributed by atoms with Crippen LogP contribution in [0.15, 0.2) is 0 Å². The Bertz CT molecular complexity index is 86.0. The third-order valence-corrected chi connectivity index (χ3v) is 56.6. The van der Waals surface area contributed by atoms with Crippen LogP contribution in [0.25, 0.3) is 0 Å². The van der Waals surface area contributed by atoms with Gasteiger partial charge in [-0.3, -0.25) is 0 Å². The molecule has 0 amide bonds. The van der Waals surface area contributed by atoms with Crippen molar-refractivity contribution in [2.75, 3.05) is 0 Å². The maximum absolute atomic E-state index is 10.7. The van der Waals surface area contributed by atoms with Crippen molar-refractivity contribution in [3.63, 3.8) is 0 Å². The number of hydrogen-bond acceptors (Lipinski definition) is 1. The molecule has 8 heteroatoms. The Morgan fingerprint density at radius 3 is 1.50 bits per heavy atom. The normalized spacial score (nSPS) is 14.1. The fourth-order valence-electron chi connectivity index (χ4n) is 0.0333. The standard InChI is InChI=1S/Br2Cl2I2OS/c1-5(3)8(7)6(2)4. The van der Waals surface area contributed by atoms with E-state index in [1.54, 1.807) is 0 Å². The molecule has 0 unspecified atom stereocenters. The average molecular weight is 533 g/mol. The van der Waals surface area contributed by atoms with E-state index < -0.39 is 35.3 Å². The zero-order valence-electron chi connectivity index (χ0n) is 3.08. The molecule has 0 saturated carbocycles. The molecular formula is Br2Cl2I2OS. The van der Waals surface area contributed by atoms with Crippen LogP contribution in [0.3, 0.4) is 0 Å². The first-order valence-electron chi connectivity index (χ1n) is 1.05. The second kappa shape index (κ2) is 5.76. The van der Waals surface area contributed by atoms with Crippen LogP contribution in [0.1, 0.15) is 0 Å². The van der Waals surface area contributed by atoms with Crippen molar-refractivity contribution in [1.82, 2.24) is 0 Å². The van der Waals surface area contributed by atoms with E-state index in [1.165, 1.54) is 0 Å². The molecule has 0 aliphatic rings. The van der Waals surface area contributed by atoms with Crippen LogP contribution in [0.2, 0.25) is 0 Å². The van der Waals surface area contributed by atoms with Gasteiger partial charge in [-0.05, 0) is 0 Å². The van der Waals surface area contributed by atoms with E-state index in [0.29, 0.717) is 0 Å². The SMILES string of the molecule is O=S(I(Cl)Br)I(Cl)Br.